The Balaban J connectivity index is 2.86. The third-order valence-corrected chi connectivity index (χ3v) is 1.98. The van der Waals surface area contributed by atoms with Gasteiger partial charge in [-0.15, -0.1) is 0 Å². The van der Waals surface area contributed by atoms with Gasteiger partial charge in [0.2, 0.25) is 0 Å². The van der Waals surface area contributed by atoms with Crippen LogP contribution in [-0.2, 0) is 11.3 Å². The Hall–Kier alpha value is -1.68. The zero-order valence-electron chi connectivity index (χ0n) is 9.27. The molecule has 0 radical (unpaired) electrons. The normalized spacial score (nSPS) is 11.2. The summed E-state index contributed by atoms with van der Waals surface area (Å²) in [6, 6.07) is 4.69. The van der Waals surface area contributed by atoms with E-state index in [9.17, 15) is 9.18 Å². The number of carboxylic acid groups (broad SMARTS) is 1. The van der Waals surface area contributed by atoms with Gasteiger partial charge >= 0.3 is 5.97 Å². The lowest BCUT2D eigenvalue weighted by Crippen LogP contribution is -2.11. The number of hydrogen-bond donors (Lipinski definition) is 1. The SMILES string of the molecule is CN(C)Cc1ccc(C=CC(=O)O)cc1F. The first-order valence-corrected chi connectivity index (χ1v) is 4.83. The van der Waals surface area contributed by atoms with E-state index in [0.29, 0.717) is 17.7 Å². The second-order valence-electron chi connectivity index (χ2n) is 3.76. The number of carboxylic acids is 1. The summed E-state index contributed by atoms with van der Waals surface area (Å²) in [6.07, 6.45) is 2.35. The highest BCUT2D eigenvalue weighted by Gasteiger charge is 2.03. The lowest BCUT2D eigenvalue weighted by Gasteiger charge is -2.10. The Labute approximate surface area is 93.8 Å². The second-order valence-corrected chi connectivity index (χ2v) is 3.76. The molecule has 0 atom stereocenters. The first-order valence-electron chi connectivity index (χ1n) is 4.83. The molecular formula is C12H14FNO2. The van der Waals surface area contributed by atoms with Crippen molar-refractivity contribution in [1.29, 1.82) is 0 Å². The number of nitrogens with zero attached hydrogens (tertiary/aromatic N) is 1. The van der Waals surface area contributed by atoms with Gasteiger partial charge in [-0.3, -0.25) is 0 Å². The van der Waals surface area contributed by atoms with Crippen molar-refractivity contribution in [2.75, 3.05) is 14.1 Å². The van der Waals surface area contributed by atoms with Crippen LogP contribution in [0.15, 0.2) is 24.3 Å². The van der Waals surface area contributed by atoms with E-state index in [2.05, 4.69) is 0 Å². The van der Waals surface area contributed by atoms with Crippen molar-refractivity contribution >= 4 is 12.0 Å². The van der Waals surface area contributed by atoms with E-state index in [4.69, 9.17) is 5.11 Å². The van der Waals surface area contributed by atoms with E-state index in [1.807, 2.05) is 19.0 Å². The summed E-state index contributed by atoms with van der Waals surface area (Å²) in [4.78, 5) is 12.1. The van der Waals surface area contributed by atoms with Crippen molar-refractivity contribution in [2.45, 2.75) is 6.54 Å². The minimum Gasteiger partial charge on any atom is -0.478 e. The van der Waals surface area contributed by atoms with Crippen LogP contribution in [0, 0.1) is 5.82 Å². The minimum atomic E-state index is -1.04. The van der Waals surface area contributed by atoms with Crippen LogP contribution < -0.4 is 0 Å². The molecule has 1 rings (SSSR count). The molecule has 3 nitrogen and oxygen atoms in total. The van der Waals surface area contributed by atoms with Crippen LogP contribution in [0.4, 0.5) is 4.39 Å². The lowest BCUT2D eigenvalue weighted by molar-refractivity contribution is -0.131. The summed E-state index contributed by atoms with van der Waals surface area (Å²) in [5, 5.41) is 8.43. The first-order chi connectivity index (χ1) is 7.49. The van der Waals surface area contributed by atoms with Gasteiger partial charge in [-0.05, 0) is 31.8 Å². The third-order valence-electron chi connectivity index (χ3n) is 1.98. The molecule has 0 spiro atoms. The number of carbonyl (C=O) groups is 1. The summed E-state index contributed by atoms with van der Waals surface area (Å²) >= 11 is 0. The summed E-state index contributed by atoms with van der Waals surface area (Å²) in [6.45, 7) is 0.523. The second kappa shape index (κ2) is 5.42. The predicted molar refractivity (Wildman–Crippen MR) is 60.5 cm³/mol. The predicted octanol–water partition coefficient (Wildman–Crippen LogP) is 1.99. The monoisotopic (exact) mass is 223 g/mol. The fourth-order valence-electron chi connectivity index (χ4n) is 1.30. The zero-order valence-corrected chi connectivity index (χ0v) is 9.27. The van der Waals surface area contributed by atoms with Crippen molar-refractivity contribution in [3.8, 4) is 0 Å². The van der Waals surface area contributed by atoms with Crippen LogP contribution >= 0.6 is 0 Å². The molecule has 86 valence electrons. The van der Waals surface area contributed by atoms with Crippen molar-refractivity contribution in [1.82, 2.24) is 4.90 Å². The van der Waals surface area contributed by atoms with Gasteiger partial charge in [-0.2, -0.15) is 0 Å². The van der Waals surface area contributed by atoms with Crippen molar-refractivity contribution < 1.29 is 14.3 Å². The van der Waals surface area contributed by atoms with Gasteiger partial charge in [-0.25, -0.2) is 9.18 Å². The summed E-state index contributed by atoms with van der Waals surface area (Å²) < 4.78 is 13.5. The van der Waals surface area contributed by atoms with E-state index in [1.165, 1.54) is 12.1 Å². The molecule has 1 N–H and O–H groups in total. The van der Waals surface area contributed by atoms with Crippen LogP contribution in [-0.4, -0.2) is 30.1 Å². The Morgan fingerprint density at radius 3 is 2.69 bits per heavy atom. The average molecular weight is 223 g/mol. The summed E-state index contributed by atoms with van der Waals surface area (Å²) in [5.41, 5.74) is 1.14. The molecule has 0 saturated carbocycles. The van der Waals surface area contributed by atoms with Gasteiger partial charge in [0.25, 0.3) is 0 Å². The molecule has 0 heterocycles. The van der Waals surface area contributed by atoms with Gasteiger partial charge in [0, 0.05) is 18.2 Å². The summed E-state index contributed by atoms with van der Waals surface area (Å²) in [5.74, 6) is -1.36. The highest BCUT2D eigenvalue weighted by atomic mass is 19.1. The van der Waals surface area contributed by atoms with Crippen LogP contribution in [0.1, 0.15) is 11.1 Å². The molecule has 0 aliphatic rings. The van der Waals surface area contributed by atoms with Crippen LogP contribution in [0.2, 0.25) is 0 Å². The molecule has 1 aromatic rings. The molecular weight excluding hydrogens is 209 g/mol. The Morgan fingerprint density at radius 1 is 1.50 bits per heavy atom. The fourth-order valence-corrected chi connectivity index (χ4v) is 1.30. The first kappa shape index (κ1) is 12.4. The fraction of sp³-hybridized carbons (Fsp3) is 0.250. The van der Waals surface area contributed by atoms with Crippen LogP contribution in [0.3, 0.4) is 0 Å². The quantitative estimate of drug-likeness (QED) is 0.793. The van der Waals surface area contributed by atoms with E-state index >= 15 is 0 Å². The number of halogens is 1. The smallest absolute Gasteiger partial charge is 0.328 e. The topological polar surface area (TPSA) is 40.5 Å². The molecule has 0 unspecified atom stereocenters. The van der Waals surface area contributed by atoms with Crippen molar-refractivity contribution in [2.24, 2.45) is 0 Å². The third kappa shape index (κ3) is 3.82. The zero-order chi connectivity index (χ0) is 12.1. The molecule has 0 fully saturated rings. The van der Waals surface area contributed by atoms with Gasteiger partial charge in [0.1, 0.15) is 5.82 Å². The highest BCUT2D eigenvalue weighted by Crippen LogP contribution is 2.13. The average Bonchev–Trinajstić information content (AvgIpc) is 2.18. The molecule has 0 aromatic heterocycles. The maximum atomic E-state index is 13.5. The number of hydrogen-bond acceptors (Lipinski definition) is 2. The maximum absolute atomic E-state index is 13.5. The van der Waals surface area contributed by atoms with Crippen LogP contribution in [0.5, 0.6) is 0 Å². The Kier molecular flexibility index (Phi) is 4.19. The molecule has 0 aliphatic carbocycles. The van der Waals surface area contributed by atoms with E-state index in [0.717, 1.165) is 6.08 Å². The number of aliphatic carboxylic acids is 1. The van der Waals surface area contributed by atoms with Gasteiger partial charge in [-0.1, -0.05) is 12.1 Å². The molecule has 0 saturated heterocycles. The molecule has 0 bridgehead atoms. The Morgan fingerprint density at radius 2 is 2.19 bits per heavy atom. The van der Waals surface area contributed by atoms with E-state index in [1.54, 1.807) is 12.1 Å². The van der Waals surface area contributed by atoms with Crippen molar-refractivity contribution in [3.63, 3.8) is 0 Å². The number of benzene rings is 1. The number of rotatable bonds is 4. The van der Waals surface area contributed by atoms with Gasteiger partial charge in [0.15, 0.2) is 0 Å². The molecule has 1 aromatic carbocycles. The largest absolute Gasteiger partial charge is 0.478 e. The standard InChI is InChI=1S/C12H14FNO2/c1-14(2)8-10-5-3-9(7-11(10)13)4-6-12(15)16/h3-7H,8H2,1-2H3,(H,15,16). The van der Waals surface area contributed by atoms with Crippen molar-refractivity contribution in [3.05, 3.63) is 41.2 Å². The summed E-state index contributed by atoms with van der Waals surface area (Å²) in [7, 11) is 3.72. The van der Waals surface area contributed by atoms with E-state index < -0.39 is 5.97 Å². The maximum Gasteiger partial charge on any atom is 0.328 e. The molecule has 4 heteroatoms. The lowest BCUT2D eigenvalue weighted by atomic mass is 10.1. The molecule has 0 aliphatic heterocycles. The Bertz CT molecular complexity index is 413. The van der Waals surface area contributed by atoms with E-state index in [-0.39, 0.29) is 5.82 Å². The minimum absolute atomic E-state index is 0.318. The van der Waals surface area contributed by atoms with Gasteiger partial charge < -0.3 is 10.0 Å². The highest BCUT2D eigenvalue weighted by molar-refractivity contribution is 5.85. The molecule has 0 amide bonds. The van der Waals surface area contributed by atoms with Gasteiger partial charge in [0.05, 0.1) is 0 Å². The van der Waals surface area contributed by atoms with Crippen LogP contribution in [0.25, 0.3) is 6.08 Å². The molecule has 16 heavy (non-hydrogen) atoms.